The van der Waals surface area contributed by atoms with E-state index in [1.54, 1.807) is 4.90 Å². The molecule has 1 fully saturated rings. The molecule has 3 aromatic rings. The third-order valence-electron chi connectivity index (χ3n) is 7.04. The van der Waals surface area contributed by atoms with Crippen LogP contribution in [0.3, 0.4) is 0 Å². The van der Waals surface area contributed by atoms with E-state index in [1.807, 2.05) is 74.8 Å². The highest BCUT2D eigenvalue weighted by atomic mass is 16.5. The topological polar surface area (TPSA) is 73.3 Å². The lowest BCUT2D eigenvalue weighted by Crippen LogP contribution is -2.50. The number of amides is 1. The molecule has 3 aromatic carbocycles. The number of hydrogen-bond donors (Lipinski definition) is 1. The minimum Gasteiger partial charge on any atom is -0.480 e. The fraction of sp³-hybridized carbons (Fsp3) is 0.333. The van der Waals surface area contributed by atoms with Crippen LogP contribution in [0.25, 0.3) is 0 Å². The number of piperazine rings is 1. The van der Waals surface area contributed by atoms with Gasteiger partial charge in [-0.1, -0.05) is 72.8 Å². The van der Waals surface area contributed by atoms with Gasteiger partial charge in [0.15, 0.2) is 6.61 Å². The summed E-state index contributed by atoms with van der Waals surface area (Å²) in [6, 6.07) is 27.8. The summed E-state index contributed by atoms with van der Waals surface area (Å²) in [5, 5.41) is 9.00. The lowest BCUT2D eigenvalue weighted by Gasteiger charge is -2.40. The van der Waals surface area contributed by atoms with Gasteiger partial charge < -0.3 is 19.6 Å². The van der Waals surface area contributed by atoms with E-state index in [0.29, 0.717) is 12.2 Å². The van der Waals surface area contributed by atoms with E-state index in [4.69, 9.17) is 9.84 Å². The Morgan fingerprint density at radius 2 is 1.38 bits per heavy atom. The molecule has 0 radical (unpaired) electrons. The van der Waals surface area contributed by atoms with Gasteiger partial charge in [-0.25, -0.2) is 4.79 Å². The van der Waals surface area contributed by atoms with E-state index in [-0.39, 0.29) is 12.5 Å². The minimum absolute atomic E-state index is 0.0769. The van der Waals surface area contributed by atoms with Crippen LogP contribution in [0.5, 0.6) is 5.75 Å². The van der Waals surface area contributed by atoms with Crippen molar-refractivity contribution in [2.75, 3.05) is 58.3 Å². The Morgan fingerprint density at radius 1 is 0.838 bits per heavy atom. The summed E-state index contributed by atoms with van der Waals surface area (Å²) in [5.74, 6) is -0.331. The van der Waals surface area contributed by atoms with Gasteiger partial charge in [0, 0.05) is 40.3 Å². The Hall–Kier alpha value is -3.84. The van der Waals surface area contributed by atoms with Gasteiger partial charge in [-0.05, 0) is 36.2 Å². The predicted octanol–water partition coefficient (Wildman–Crippen LogP) is 3.74. The van der Waals surface area contributed by atoms with Gasteiger partial charge in [0.1, 0.15) is 11.2 Å². The zero-order valence-corrected chi connectivity index (χ0v) is 21.5. The van der Waals surface area contributed by atoms with Crippen molar-refractivity contribution in [3.05, 3.63) is 96.1 Å². The highest BCUT2D eigenvalue weighted by Gasteiger charge is 2.43. The van der Waals surface area contributed by atoms with Gasteiger partial charge in [0.05, 0.1) is 5.69 Å². The molecule has 0 bridgehead atoms. The zero-order chi connectivity index (χ0) is 26.3. The van der Waals surface area contributed by atoms with Crippen LogP contribution in [0, 0.1) is 0 Å². The van der Waals surface area contributed by atoms with Crippen LogP contribution in [0.4, 0.5) is 5.69 Å². The van der Waals surface area contributed by atoms with Crippen molar-refractivity contribution >= 4 is 17.6 Å². The third-order valence-corrected chi connectivity index (χ3v) is 7.04. The first-order chi connectivity index (χ1) is 17.9. The number of ether oxygens (including phenoxy) is 1. The van der Waals surface area contributed by atoms with E-state index >= 15 is 0 Å². The highest BCUT2D eigenvalue weighted by molar-refractivity contribution is 5.92. The van der Waals surface area contributed by atoms with Crippen molar-refractivity contribution in [3.8, 4) is 5.75 Å². The Kier molecular flexibility index (Phi) is 8.46. The second kappa shape index (κ2) is 11.9. The van der Waals surface area contributed by atoms with Crippen molar-refractivity contribution in [3.63, 3.8) is 0 Å². The van der Waals surface area contributed by atoms with Crippen LogP contribution in [0.15, 0.2) is 84.9 Å². The average Bonchev–Trinajstić information content (AvgIpc) is 2.94. The Bertz CT molecular complexity index is 1140. The first-order valence-electron chi connectivity index (χ1n) is 12.7. The van der Waals surface area contributed by atoms with Crippen LogP contribution in [-0.2, 0) is 15.0 Å². The molecule has 1 heterocycles. The Morgan fingerprint density at radius 3 is 1.92 bits per heavy atom. The summed E-state index contributed by atoms with van der Waals surface area (Å²) >= 11 is 0. The maximum atomic E-state index is 13.9. The van der Waals surface area contributed by atoms with Gasteiger partial charge in [-0.15, -0.1) is 0 Å². The monoisotopic (exact) mass is 501 g/mol. The number of hydrogen-bond acceptors (Lipinski definition) is 5. The van der Waals surface area contributed by atoms with Gasteiger partial charge in [-0.3, -0.25) is 9.69 Å². The first kappa shape index (κ1) is 26.2. The maximum absolute atomic E-state index is 13.9. The number of carboxylic acids is 1. The molecule has 1 aliphatic heterocycles. The summed E-state index contributed by atoms with van der Waals surface area (Å²) in [4.78, 5) is 31.2. The molecular weight excluding hydrogens is 466 g/mol. The van der Waals surface area contributed by atoms with Crippen LogP contribution < -0.4 is 9.64 Å². The number of anilines is 1. The molecule has 1 amide bonds. The molecule has 7 nitrogen and oxygen atoms in total. The first-order valence-corrected chi connectivity index (χ1v) is 12.7. The quantitative estimate of drug-likeness (QED) is 0.456. The number of carbonyl (C=O) groups is 2. The molecule has 37 heavy (non-hydrogen) atoms. The second-order valence-electron chi connectivity index (χ2n) is 9.57. The molecule has 4 rings (SSSR count). The number of aliphatic carboxylic acids is 1. The fourth-order valence-corrected chi connectivity index (χ4v) is 5.15. The van der Waals surface area contributed by atoms with Crippen molar-refractivity contribution < 1.29 is 19.4 Å². The van der Waals surface area contributed by atoms with E-state index in [9.17, 15) is 9.59 Å². The number of likely N-dealkylation sites (N-methyl/N-ethyl adjacent to an activating group) is 1. The van der Waals surface area contributed by atoms with E-state index in [0.717, 1.165) is 49.5 Å². The van der Waals surface area contributed by atoms with Gasteiger partial charge >= 0.3 is 5.97 Å². The molecule has 0 saturated carbocycles. The van der Waals surface area contributed by atoms with Crippen LogP contribution >= 0.6 is 0 Å². The number of rotatable bonds is 10. The van der Waals surface area contributed by atoms with Gasteiger partial charge in [0.2, 0.25) is 5.91 Å². The van der Waals surface area contributed by atoms with E-state index in [2.05, 4.69) is 34.1 Å². The molecule has 7 heteroatoms. The fourth-order valence-electron chi connectivity index (χ4n) is 5.15. The molecule has 0 unspecified atom stereocenters. The summed E-state index contributed by atoms with van der Waals surface area (Å²) in [6.07, 6.45) is 0.663. The van der Waals surface area contributed by atoms with Gasteiger partial charge in [0.25, 0.3) is 0 Å². The van der Waals surface area contributed by atoms with Crippen molar-refractivity contribution in [2.24, 2.45) is 0 Å². The normalized spacial score (nSPS) is 14.3. The van der Waals surface area contributed by atoms with Crippen molar-refractivity contribution in [1.29, 1.82) is 0 Å². The molecule has 194 valence electrons. The largest absolute Gasteiger partial charge is 0.480 e. The van der Waals surface area contributed by atoms with E-state index < -0.39 is 11.4 Å². The van der Waals surface area contributed by atoms with Crippen molar-refractivity contribution in [1.82, 2.24) is 9.80 Å². The zero-order valence-electron chi connectivity index (χ0n) is 21.5. The lowest BCUT2D eigenvalue weighted by molar-refractivity contribution is -0.139. The number of carboxylic acid groups (broad SMARTS) is 1. The number of para-hydroxylation sites is 2. The maximum Gasteiger partial charge on any atom is 0.341 e. The SMILES string of the molecule is CN(C)C(=O)C(CCN1CCN(c2ccccc2OCC(=O)O)CC1)(c1ccccc1)c1ccccc1. The average molecular weight is 502 g/mol. The second-order valence-corrected chi connectivity index (χ2v) is 9.57. The van der Waals surface area contributed by atoms with E-state index in [1.165, 1.54) is 0 Å². The van der Waals surface area contributed by atoms with Crippen LogP contribution in [-0.4, -0.2) is 80.2 Å². The molecule has 0 aromatic heterocycles. The summed E-state index contributed by atoms with van der Waals surface area (Å²) < 4.78 is 5.52. The summed E-state index contributed by atoms with van der Waals surface area (Å²) in [7, 11) is 3.65. The smallest absolute Gasteiger partial charge is 0.341 e. The molecule has 1 saturated heterocycles. The molecule has 0 atom stereocenters. The van der Waals surface area contributed by atoms with Gasteiger partial charge in [-0.2, -0.15) is 0 Å². The molecule has 1 aliphatic rings. The number of nitrogens with zero attached hydrogens (tertiary/aromatic N) is 3. The third kappa shape index (κ3) is 5.94. The number of carbonyl (C=O) groups excluding carboxylic acids is 1. The molecular formula is C30H35N3O4. The summed E-state index contributed by atoms with van der Waals surface area (Å²) in [6.45, 7) is 3.66. The minimum atomic E-state index is -0.993. The highest BCUT2D eigenvalue weighted by Crippen LogP contribution is 2.38. The van der Waals surface area contributed by atoms with Crippen molar-refractivity contribution in [2.45, 2.75) is 11.8 Å². The van der Waals surface area contributed by atoms with Crippen LogP contribution in [0.2, 0.25) is 0 Å². The standard InChI is InChI=1S/C30H35N3O4/c1-31(2)29(36)30(24-11-5-3-6-12-24,25-13-7-4-8-14-25)17-18-32-19-21-33(22-20-32)26-15-9-10-16-27(26)37-23-28(34)35/h3-16H,17-23H2,1-2H3,(H,34,35). The molecule has 0 aliphatic carbocycles. The van der Waals surface area contributed by atoms with Crippen LogP contribution in [0.1, 0.15) is 17.5 Å². The number of benzene rings is 3. The lowest BCUT2D eigenvalue weighted by atomic mass is 9.70. The Labute approximate surface area is 218 Å². The predicted molar refractivity (Wildman–Crippen MR) is 145 cm³/mol. The molecule has 1 N–H and O–H groups in total. The Balaban J connectivity index is 1.52. The molecule has 0 spiro atoms. The summed E-state index contributed by atoms with van der Waals surface area (Å²) in [5.41, 5.74) is 2.14.